The highest BCUT2D eigenvalue weighted by atomic mass is 35.5. The summed E-state index contributed by atoms with van der Waals surface area (Å²) in [6.45, 7) is 5.47. The molecule has 0 aromatic heterocycles. The number of amides is 3. The SMILES string of the molecule is COc1ccc(Cl)cc1NC(=O)NCC(=O)NC(C)(C)C. The van der Waals surface area contributed by atoms with Crippen LogP contribution in [0.2, 0.25) is 5.02 Å². The molecule has 0 spiro atoms. The Morgan fingerprint density at radius 2 is 1.95 bits per heavy atom. The van der Waals surface area contributed by atoms with Gasteiger partial charge in [-0.15, -0.1) is 0 Å². The highest BCUT2D eigenvalue weighted by Crippen LogP contribution is 2.27. The van der Waals surface area contributed by atoms with E-state index in [2.05, 4.69) is 16.0 Å². The molecule has 0 fully saturated rings. The van der Waals surface area contributed by atoms with E-state index in [0.29, 0.717) is 16.5 Å². The fourth-order valence-corrected chi connectivity index (χ4v) is 1.74. The maximum absolute atomic E-state index is 11.8. The van der Waals surface area contributed by atoms with Gasteiger partial charge < -0.3 is 20.7 Å². The third kappa shape index (κ3) is 6.35. The summed E-state index contributed by atoms with van der Waals surface area (Å²) in [5, 5.41) is 8.26. The van der Waals surface area contributed by atoms with E-state index in [4.69, 9.17) is 16.3 Å². The predicted molar refractivity (Wildman–Crippen MR) is 82.9 cm³/mol. The van der Waals surface area contributed by atoms with Gasteiger partial charge in [-0.3, -0.25) is 4.79 Å². The molecule has 7 heteroatoms. The fraction of sp³-hybridized carbons (Fsp3) is 0.429. The second kappa shape index (κ2) is 7.17. The Hall–Kier alpha value is -1.95. The number of anilines is 1. The van der Waals surface area contributed by atoms with Gasteiger partial charge >= 0.3 is 6.03 Å². The van der Waals surface area contributed by atoms with Crippen molar-refractivity contribution in [2.75, 3.05) is 19.0 Å². The number of carbonyl (C=O) groups is 2. The standard InChI is InChI=1S/C14H20ClN3O3/c1-14(2,3)18-12(19)8-16-13(20)17-10-7-9(15)5-6-11(10)21-4/h5-7H,8H2,1-4H3,(H,18,19)(H2,16,17,20). The number of ether oxygens (including phenoxy) is 1. The Morgan fingerprint density at radius 3 is 2.52 bits per heavy atom. The fourth-order valence-electron chi connectivity index (χ4n) is 1.57. The van der Waals surface area contributed by atoms with E-state index in [1.807, 2.05) is 20.8 Å². The van der Waals surface area contributed by atoms with Gasteiger partial charge in [-0.2, -0.15) is 0 Å². The molecule has 116 valence electrons. The van der Waals surface area contributed by atoms with E-state index >= 15 is 0 Å². The second-order valence-corrected chi connectivity index (χ2v) is 5.89. The first kappa shape index (κ1) is 17.1. The van der Waals surface area contributed by atoms with Crippen LogP contribution in [0.25, 0.3) is 0 Å². The van der Waals surface area contributed by atoms with Crippen molar-refractivity contribution in [3.05, 3.63) is 23.2 Å². The van der Waals surface area contributed by atoms with Crippen LogP contribution >= 0.6 is 11.6 Å². The lowest BCUT2D eigenvalue weighted by Crippen LogP contribution is -2.46. The van der Waals surface area contributed by atoms with E-state index in [0.717, 1.165) is 0 Å². The molecule has 0 unspecified atom stereocenters. The van der Waals surface area contributed by atoms with Crippen molar-refractivity contribution in [1.82, 2.24) is 10.6 Å². The zero-order valence-corrected chi connectivity index (χ0v) is 13.3. The zero-order chi connectivity index (χ0) is 16.0. The van der Waals surface area contributed by atoms with Crippen LogP contribution in [-0.4, -0.2) is 31.1 Å². The first-order valence-electron chi connectivity index (χ1n) is 6.40. The van der Waals surface area contributed by atoms with Gasteiger partial charge in [0.15, 0.2) is 0 Å². The minimum absolute atomic E-state index is 0.119. The van der Waals surface area contributed by atoms with Gasteiger partial charge in [-0.05, 0) is 39.0 Å². The van der Waals surface area contributed by atoms with Crippen molar-refractivity contribution in [3.63, 3.8) is 0 Å². The lowest BCUT2D eigenvalue weighted by atomic mass is 10.1. The van der Waals surface area contributed by atoms with Crippen molar-refractivity contribution in [2.45, 2.75) is 26.3 Å². The molecule has 0 atom stereocenters. The van der Waals surface area contributed by atoms with Gasteiger partial charge in [-0.1, -0.05) is 11.6 Å². The number of benzene rings is 1. The molecule has 1 rings (SSSR count). The lowest BCUT2D eigenvalue weighted by Gasteiger charge is -2.20. The van der Waals surface area contributed by atoms with Crippen molar-refractivity contribution >= 4 is 29.2 Å². The summed E-state index contributed by atoms with van der Waals surface area (Å²) in [6, 6.07) is 4.35. The summed E-state index contributed by atoms with van der Waals surface area (Å²) in [5.74, 6) is 0.212. The summed E-state index contributed by atoms with van der Waals surface area (Å²) >= 11 is 5.87. The summed E-state index contributed by atoms with van der Waals surface area (Å²) in [6.07, 6.45) is 0. The number of rotatable bonds is 4. The van der Waals surface area contributed by atoms with E-state index in [1.165, 1.54) is 7.11 Å². The summed E-state index contributed by atoms with van der Waals surface area (Å²) in [4.78, 5) is 23.4. The first-order valence-corrected chi connectivity index (χ1v) is 6.78. The van der Waals surface area contributed by atoms with Crippen molar-refractivity contribution in [2.24, 2.45) is 0 Å². The third-order valence-electron chi connectivity index (χ3n) is 2.33. The van der Waals surface area contributed by atoms with Crippen LogP contribution in [0, 0.1) is 0 Å². The van der Waals surface area contributed by atoms with Crippen LogP contribution in [0.3, 0.4) is 0 Å². The molecule has 1 aromatic carbocycles. The van der Waals surface area contributed by atoms with Crippen LogP contribution in [0.5, 0.6) is 5.75 Å². The Balaban J connectivity index is 2.55. The highest BCUT2D eigenvalue weighted by Gasteiger charge is 2.14. The molecule has 21 heavy (non-hydrogen) atoms. The smallest absolute Gasteiger partial charge is 0.319 e. The van der Waals surface area contributed by atoms with Crippen LogP contribution in [-0.2, 0) is 4.79 Å². The molecule has 0 aliphatic heterocycles. The zero-order valence-electron chi connectivity index (χ0n) is 12.5. The van der Waals surface area contributed by atoms with Crippen LogP contribution in [0.1, 0.15) is 20.8 Å². The average Bonchev–Trinajstić information content (AvgIpc) is 2.35. The molecule has 3 amide bonds. The van der Waals surface area contributed by atoms with Gasteiger partial charge in [0.05, 0.1) is 19.3 Å². The molecule has 0 aliphatic rings. The van der Waals surface area contributed by atoms with Crippen molar-refractivity contribution in [1.29, 1.82) is 0 Å². The van der Waals surface area contributed by atoms with Crippen LogP contribution in [0.4, 0.5) is 10.5 Å². The molecule has 0 radical (unpaired) electrons. The lowest BCUT2D eigenvalue weighted by molar-refractivity contribution is -0.121. The molecule has 3 N–H and O–H groups in total. The number of hydrogen-bond donors (Lipinski definition) is 3. The highest BCUT2D eigenvalue weighted by molar-refractivity contribution is 6.31. The third-order valence-corrected chi connectivity index (χ3v) is 2.57. The Kier molecular flexibility index (Phi) is 5.84. The predicted octanol–water partition coefficient (Wildman–Crippen LogP) is 2.38. The number of halogens is 1. The molecular formula is C14H20ClN3O3. The summed E-state index contributed by atoms with van der Waals surface area (Å²) in [7, 11) is 1.49. The van der Waals surface area contributed by atoms with Crippen LogP contribution in [0.15, 0.2) is 18.2 Å². The topological polar surface area (TPSA) is 79.5 Å². The molecule has 1 aromatic rings. The molecular weight excluding hydrogens is 294 g/mol. The van der Waals surface area contributed by atoms with Gasteiger partial charge in [0.25, 0.3) is 0 Å². The minimum atomic E-state index is -0.514. The van der Waals surface area contributed by atoms with E-state index in [1.54, 1.807) is 18.2 Å². The minimum Gasteiger partial charge on any atom is -0.495 e. The van der Waals surface area contributed by atoms with Crippen molar-refractivity contribution in [3.8, 4) is 5.75 Å². The molecule has 0 aliphatic carbocycles. The van der Waals surface area contributed by atoms with Gasteiger partial charge in [0.1, 0.15) is 5.75 Å². The van der Waals surface area contributed by atoms with Gasteiger partial charge in [0, 0.05) is 10.6 Å². The Morgan fingerprint density at radius 1 is 1.29 bits per heavy atom. The van der Waals surface area contributed by atoms with E-state index in [9.17, 15) is 9.59 Å². The number of methoxy groups -OCH3 is 1. The number of urea groups is 1. The van der Waals surface area contributed by atoms with Crippen molar-refractivity contribution < 1.29 is 14.3 Å². The quantitative estimate of drug-likeness (QED) is 0.798. The molecule has 0 heterocycles. The van der Waals surface area contributed by atoms with Crippen LogP contribution < -0.4 is 20.7 Å². The molecule has 0 bridgehead atoms. The molecule has 0 saturated carbocycles. The van der Waals surface area contributed by atoms with Gasteiger partial charge in [0.2, 0.25) is 5.91 Å². The monoisotopic (exact) mass is 313 g/mol. The maximum Gasteiger partial charge on any atom is 0.319 e. The van der Waals surface area contributed by atoms with Gasteiger partial charge in [-0.25, -0.2) is 4.79 Å². The maximum atomic E-state index is 11.8. The Bertz CT molecular complexity index is 527. The second-order valence-electron chi connectivity index (χ2n) is 5.45. The average molecular weight is 314 g/mol. The summed E-state index contributed by atoms with van der Waals surface area (Å²) < 4.78 is 5.11. The number of carbonyl (C=O) groups excluding carboxylic acids is 2. The Labute approximate surface area is 129 Å². The number of nitrogens with one attached hydrogen (secondary N) is 3. The normalized spacial score (nSPS) is 10.7. The first-order chi connectivity index (χ1) is 9.71. The molecule has 6 nitrogen and oxygen atoms in total. The van der Waals surface area contributed by atoms with E-state index in [-0.39, 0.29) is 18.0 Å². The molecule has 0 saturated heterocycles. The van der Waals surface area contributed by atoms with E-state index < -0.39 is 6.03 Å². The number of hydrogen-bond acceptors (Lipinski definition) is 3. The largest absolute Gasteiger partial charge is 0.495 e. The summed E-state index contributed by atoms with van der Waals surface area (Å²) in [5.41, 5.74) is 0.0875.